The molecule has 0 aromatic carbocycles. The number of hydrogen-bond donors (Lipinski definition) is 1. The van der Waals surface area contributed by atoms with Crippen LogP contribution in [-0.4, -0.2) is 28.0 Å². The Labute approximate surface area is 85.4 Å². The van der Waals surface area contributed by atoms with Gasteiger partial charge in [0.1, 0.15) is 0 Å². The lowest BCUT2D eigenvalue weighted by Crippen LogP contribution is -2.39. The molecule has 0 amide bonds. The van der Waals surface area contributed by atoms with Crippen LogP contribution in [-0.2, 0) is 14.3 Å². The van der Waals surface area contributed by atoms with Crippen LogP contribution < -0.4 is 0 Å². The van der Waals surface area contributed by atoms with Gasteiger partial charge in [0.15, 0.2) is 0 Å². The lowest BCUT2D eigenvalue weighted by atomic mass is 10.0. The zero-order valence-corrected chi connectivity index (χ0v) is 9.26. The van der Waals surface area contributed by atoms with Gasteiger partial charge in [-0.2, -0.15) is 0 Å². The Morgan fingerprint density at radius 2 is 2.08 bits per heavy atom. The third-order valence-electron chi connectivity index (χ3n) is 1.61. The smallest absolute Gasteiger partial charge is 0.347 e. The third-order valence-corrected chi connectivity index (χ3v) is 2.17. The summed E-state index contributed by atoms with van der Waals surface area (Å²) in [6, 6.07) is 0. The Morgan fingerprint density at radius 3 is 2.38 bits per heavy atom. The van der Waals surface area contributed by atoms with Gasteiger partial charge < -0.3 is 9.84 Å². The minimum atomic E-state index is -1.39. The Bertz CT molecular complexity index is 204. The molecule has 0 fully saturated rings. The highest BCUT2D eigenvalue weighted by Gasteiger charge is 2.35. The number of rotatable bonds is 5. The molecule has 5 heteroatoms. The molecular formula is C8H13BrO4. The van der Waals surface area contributed by atoms with Gasteiger partial charge in [-0.15, -0.1) is 0 Å². The summed E-state index contributed by atoms with van der Waals surface area (Å²) in [5, 5.41) is 9.51. The number of carbonyl (C=O) groups is 2. The topological polar surface area (TPSA) is 63.6 Å². The summed E-state index contributed by atoms with van der Waals surface area (Å²) in [6.45, 7) is 2.61. The van der Waals surface area contributed by atoms with E-state index in [2.05, 4.69) is 15.9 Å². The van der Waals surface area contributed by atoms with Crippen molar-refractivity contribution in [3.05, 3.63) is 0 Å². The summed E-state index contributed by atoms with van der Waals surface area (Å²) in [5.41, 5.74) is -1.39. The summed E-state index contributed by atoms with van der Waals surface area (Å²) >= 11 is 3.18. The molecule has 0 aliphatic rings. The Kier molecular flexibility index (Phi) is 4.98. The lowest BCUT2D eigenvalue weighted by Gasteiger charge is -2.23. The molecule has 0 heterocycles. The van der Waals surface area contributed by atoms with Crippen LogP contribution in [0.5, 0.6) is 0 Å². The van der Waals surface area contributed by atoms with Gasteiger partial charge in [-0.3, -0.25) is 4.79 Å². The summed E-state index contributed by atoms with van der Waals surface area (Å²) in [7, 11) is 0. The van der Waals surface area contributed by atoms with Crippen molar-refractivity contribution < 1.29 is 19.4 Å². The molecule has 0 rings (SSSR count). The number of esters is 1. The van der Waals surface area contributed by atoms with Crippen molar-refractivity contribution in [1.29, 1.82) is 0 Å². The normalized spacial score (nSPS) is 14.7. The molecular weight excluding hydrogens is 240 g/mol. The van der Waals surface area contributed by atoms with Gasteiger partial charge in [0.2, 0.25) is 5.60 Å². The van der Waals surface area contributed by atoms with Crippen LogP contribution in [0.2, 0.25) is 0 Å². The minimum absolute atomic E-state index is 0.313. The molecule has 0 radical (unpaired) electrons. The maximum Gasteiger partial charge on any atom is 0.347 e. The second-order valence-electron chi connectivity index (χ2n) is 2.92. The van der Waals surface area contributed by atoms with E-state index in [1.807, 2.05) is 0 Å². The SMILES string of the molecule is CC(=O)OC(C)(CCCBr)C(=O)O. The number of hydrogen-bond acceptors (Lipinski definition) is 3. The molecule has 0 aromatic rings. The fraction of sp³-hybridized carbons (Fsp3) is 0.750. The summed E-state index contributed by atoms with van der Waals surface area (Å²) < 4.78 is 4.74. The van der Waals surface area contributed by atoms with Gasteiger partial charge in [-0.25, -0.2) is 4.79 Å². The molecule has 76 valence electrons. The summed E-state index contributed by atoms with van der Waals surface area (Å²) in [4.78, 5) is 21.4. The van der Waals surface area contributed by atoms with E-state index in [1.165, 1.54) is 13.8 Å². The first kappa shape index (κ1) is 12.4. The monoisotopic (exact) mass is 252 g/mol. The molecule has 0 saturated heterocycles. The quantitative estimate of drug-likeness (QED) is 0.596. The largest absolute Gasteiger partial charge is 0.478 e. The average molecular weight is 253 g/mol. The van der Waals surface area contributed by atoms with Crippen molar-refractivity contribution in [3.8, 4) is 0 Å². The first-order valence-electron chi connectivity index (χ1n) is 3.91. The summed E-state index contributed by atoms with van der Waals surface area (Å²) in [6.07, 6.45) is 0.962. The van der Waals surface area contributed by atoms with Gasteiger partial charge in [0.05, 0.1) is 0 Å². The number of carboxylic acids is 1. The highest BCUT2D eigenvalue weighted by atomic mass is 79.9. The van der Waals surface area contributed by atoms with Crippen molar-refractivity contribution in [3.63, 3.8) is 0 Å². The maximum absolute atomic E-state index is 10.8. The van der Waals surface area contributed by atoms with Crippen molar-refractivity contribution in [2.45, 2.75) is 32.3 Å². The standard InChI is InChI=1S/C8H13BrO4/c1-6(10)13-8(2,7(11)12)4-3-5-9/h3-5H2,1-2H3,(H,11,12). The van der Waals surface area contributed by atoms with Crippen LogP contribution in [0.3, 0.4) is 0 Å². The Hall–Kier alpha value is -0.580. The van der Waals surface area contributed by atoms with E-state index in [1.54, 1.807) is 0 Å². The van der Waals surface area contributed by atoms with Gasteiger partial charge in [0, 0.05) is 12.3 Å². The van der Waals surface area contributed by atoms with Crippen molar-refractivity contribution in [1.82, 2.24) is 0 Å². The molecule has 13 heavy (non-hydrogen) atoms. The Balaban J connectivity index is 4.34. The highest BCUT2D eigenvalue weighted by molar-refractivity contribution is 9.09. The van der Waals surface area contributed by atoms with Crippen molar-refractivity contribution >= 4 is 27.9 Å². The van der Waals surface area contributed by atoms with Crippen LogP contribution in [0.1, 0.15) is 26.7 Å². The van der Waals surface area contributed by atoms with Crippen LogP contribution in [0.4, 0.5) is 0 Å². The first-order valence-corrected chi connectivity index (χ1v) is 5.03. The van der Waals surface area contributed by atoms with Gasteiger partial charge in [-0.1, -0.05) is 15.9 Å². The molecule has 0 aliphatic heterocycles. The van der Waals surface area contributed by atoms with E-state index in [4.69, 9.17) is 9.84 Å². The predicted molar refractivity (Wildman–Crippen MR) is 50.8 cm³/mol. The molecule has 1 atom stereocenters. The molecule has 4 nitrogen and oxygen atoms in total. The van der Waals surface area contributed by atoms with Gasteiger partial charge in [-0.05, 0) is 19.8 Å². The number of alkyl halides is 1. The van der Waals surface area contributed by atoms with E-state index in [-0.39, 0.29) is 0 Å². The van der Waals surface area contributed by atoms with E-state index in [0.717, 1.165) is 0 Å². The lowest BCUT2D eigenvalue weighted by molar-refractivity contribution is -0.175. The fourth-order valence-corrected chi connectivity index (χ4v) is 1.20. The van der Waals surface area contributed by atoms with E-state index in [9.17, 15) is 9.59 Å². The highest BCUT2D eigenvalue weighted by Crippen LogP contribution is 2.18. The van der Waals surface area contributed by atoms with Crippen LogP contribution >= 0.6 is 15.9 Å². The number of carbonyl (C=O) groups excluding carboxylic acids is 1. The number of aliphatic carboxylic acids is 1. The molecule has 0 aliphatic carbocycles. The molecule has 0 bridgehead atoms. The van der Waals surface area contributed by atoms with Crippen molar-refractivity contribution in [2.24, 2.45) is 0 Å². The molecule has 0 saturated carbocycles. The second-order valence-corrected chi connectivity index (χ2v) is 3.72. The molecule has 1 unspecified atom stereocenters. The molecule has 1 N–H and O–H groups in total. The summed E-state index contributed by atoms with van der Waals surface area (Å²) in [5.74, 6) is -1.68. The van der Waals surface area contributed by atoms with Gasteiger partial charge in [0.25, 0.3) is 0 Å². The maximum atomic E-state index is 10.8. The predicted octanol–water partition coefficient (Wildman–Crippen LogP) is 1.57. The Morgan fingerprint density at radius 1 is 1.54 bits per heavy atom. The second kappa shape index (κ2) is 5.21. The third kappa shape index (κ3) is 4.26. The van der Waals surface area contributed by atoms with Crippen molar-refractivity contribution in [2.75, 3.05) is 5.33 Å². The zero-order chi connectivity index (χ0) is 10.5. The van der Waals surface area contributed by atoms with E-state index < -0.39 is 17.5 Å². The van der Waals surface area contributed by atoms with Crippen LogP contribution in [0, 0.1) is 0 Å². The number of ether oxygens (including phenoxy) is 1. The van der Waals surface area contributed by atoms with Crippen LogP contribution in [0.15, 0.2) is 0 Å². The van der Waals surface area contributed by atoms with E-state index in [0.29, 0.717) is 18.2 Å². The first-order chi connectivity index (χ1) is 5.92. The average Bonchev–Trinajstić information content (AvgIpc) is 1.99. The number of carboxylic acid groups (broad SMARTS) is 1. The van der Waals surface area contributed by atoms with E-state index >= 15 is 0 Å². The van der Waals surface area contributed by atoms with Crippen LogP contribution in [0.25, 0.3) is 0 Å². The molecule has 0 spiro atoms. The zero-order valence-electron chi connectivity index (χ0n) is 7.67. The number of halogens is 1. The van der Waals surface area contributed by atoms with Gasteiger partial charge >= 0.3 is 11.9 Å². The fourth-order valence-electron chi connectivity index (χ4n) is 0.923. The molecule has 0 aromatic heterocycles. The minimum Gasteiger partial charge on any atom is -0.478 e.